The molecule has 0 aliphatic carbocycles. The van der Waals surface area contributed by atoms with Crippen LogP contribution in [0.2, 0.25) is 0 Å². The van der Waals surface area contributed by atoms with Gasteiger partial charge in [-0.1, -0.05) is 24.2 Å². The SMILES string of the molecule is CCC(N)c1nc(-c2ccc(C)c(F)c2)no1. The van der Waals surface area contributed by atoms with Gasteiger partial charge in [0.05, 0.1) is 6.04 Å². The summed E-state index contributed by atoms with van der Waals surface area (Å²) in [6.45, 7) is 3.63. The van der Waals surface area contributed by atoms with Crippen LogP contribution in [0.5, 0.6) is 0 Å². The smallest absolute Gasteiger partial charge is 0.243 e. The second-order valence-corrected chi connectivity index (χ2v) is 3.93. The van der Waals surface area contributed by atoms with Crippen molar-refractivity contribution in [3.8, 4) is 11.4 Å². The fraction of sp³-hybridized carbons (Fsp3) is 0.333. The molecule has 0 saturated heterocycles. The van der Waals surface area contributed by atoms with Gasteiger partial charge in [-0.3, -0.25) is 0 Å². The molecule has 4 nitrogen and oxygen atoms in total. The summed E-state index contributed by atoms with van der Waals surface area (Å²) in [4.78, 5) is 4.15. The first-order valence-corrected chi connectivity index (χ1v) is 5.47. The van der Waals surface area contributed by atoms with Gasteiger partial charge in [0, 0.05) is 5.56 Å². The van der Waals surface area contributed by atoms with Gasteiger partial charge < -0.3 is 10.3 Å². The number of aryl methyl sites for hydroxylation is 1. The van der Waals surface area contributed by atoms with Crippen molar-refractivity contribution in [1.29, 1.82) is 0 Å². The molecule has 2 N–H and O–H groups in total. The van der Waals surface area contributed by atoms with Crippen LogP contribution in [0.3, 0.4) is 0 Å². The molecule has 17 heavy (non-hydrogen) atoms. The lowest BCUT2D eigenvalue weighted by molar-refractivity contribution is 0.352. The number of hydrogen-bond acceptors (Lipinski definition) is 4. The lowest BCUT2D eigenvalue weighted by atomic mass is 10.1. The molecule has 0 saturated carbocycles. The largest absolute Gasteiger partial charge is 0.337 e. The highest BCUT2D eigenvalue weighted by atomic mass is 19.1. The molecule has 1 heterocycles. The van der Waals surface area contributed by atoms with Crippen molar-refractivity contribution in [3.05, 3.63) is 35.5 Å². The van der Waals surface area contributed by atoms with E-state index in [2.05, 4.69) is 10.1 Å². The van der Waals surface area contributed by atoms with Crippen LogP contribution < -0.4 is 5.73 Å². The van der Waals surface area contributed by atoms with E-state index in [1.807, 2.05) is 6.92 Å². The Morgan fingerprint density at radius 1 is 1.47 bits per heavy atom. The maximum absolute atomic E-state index is 13.4. The first kappa shape index (κ1) is 11.7. The molecular weight excluding hydrogens is 221 g/mol. The van der Waals surface area contributed by atoms with Crippen molar-refractivity contribution in [1.82, 2.24) is 10.1 Å². The van der Waals surface area contributed by atoms with Gasteiger partial charge in [-0.15, -0.1) is 0 Å². The van der Waals surface area contributed by atoms with Gasteiger partial charge in [-0.05, 0) is 25.0 Å². The summed E-state index contributed by atoms with van der Waals surface area (Å²) >= 11 is 0. The Morgan fingerprint density at radius 3 is 2.88 bits per heavy atom. The number of hydrogen-bond donors (Lipinski definition) is 1. The zero-order chi connectivity index (χ0) is 12.4. The van der Waals surface area contributed by atoms with E-state index in [4.69, 9.17) is 10.3 Å². The molecule has 0 amide bonds. The van der Waals surface area contributed by atoms with Crippen molar-refractivity contribution in [2.75, 3.05) is 0 Å². The van der Waals surface area contributed by atoms with E-state index in [1.165, 1.54) is 6.07 Å². The summed E-state index contributed by atoms with van der Waals surface area (Å²) in [7, 11) is 0. The van der Waals surface area contributed by atoms with Crippen LogP contribution in [0.4, 0.5) is 4.39 Å². The topological polar surface area (TPSA) is 64.9 Å². The maximum Gasteiger partial charge on any atom is 0.243 e. The van der Waals surface area contributed by atoms with Gasteiger partial charge in [0.15, 0.2) is 0 Å². The Balaban J connectivity index is 2.33. The minimum absolute atomic E-state index is 0.272. The molecule has 0 fully saturated rings. The number of benzene rings is 1. The number of rotatable bonds is 3. The van der Waals surface area contributed by atoms with Crippen molar-refractivity contribution < 1.29 is 8.91 Å². The first-order chi connectivity index (χ1) is 8.11. The fourth-order valence-corrected chi connectivity index (χ4v) is 1.41. The number of halogens is 1. The molecule has 90 valence electrons. The molecule has 0 aliphatic rings. The zero-order valence-electron chi connectivity index (χ0n) is 9.77. The van der Waals surface area contributed by atoms with E-state index in [9.17, 15) is 4.39 Å². The van der Waals surface area contributed by atoms with Crippen molar-refractivity contribution in [3.63, 3.8) is 0 Å². The Bertz CT molecular complexity index is 524. The molecule has 1 unspecified atom stereocenters. The molecule has 1 atom stereocenters. The Kier molecular flexibility index (Phi) is 3.19. The lowest BCUT2D eigenvalue weighted by Crippen LogP contribution is -2.08. The average Bonchev–Trinajstić information content (AvgIpc) is 2.81. The van der Waals surface area contributed by atoms with Crippen molar-refractivity contribution >= 4 is 0 Å². The summed E-state index contributed by atoms with van der Waals surface area (Å²) in [6.07, 6.45) is 0.712. The Morgan fingerprint density at radius 2 is 2.24 bits per heavy atom. The maximum atomic E-state index is 13.4. The third-order valence-corrected chi connectivity index (χ3v) is 2.63. The molecule has 5 heteroatoms. The number of nitrogens with two attached hydrogens (primary N) is 1. The Hall–Kier alpha value is -1.75. The summed E-state index contributed by atoms with van der Waals surface area (Å²) in [5.74, 6) is 0.458. The molecule has 1 aromatic heterocycles. The lowest BCUT2D eigenvalue weighted by Gasteiger charge is -1.99. The van der Waals surface area contributed by atoms with E-state index in [1.54, 1.807) is 19.1 Å². The van der Waals surface area contributed by atoms with E-state index in [0.29, 0.717) is 29.3 Å². The predicted molar refractivity (Wildman–Crippen MR) is 61.6 cm³/mol. The molecule has 0 spiro atoms. The van der Waals surface area contributed by atoms with E-state index < -0.39 is 0 Å². The van der Waals surface area contributed by atoms with Crippen LogP contribution in [0.25, 0.3) is 11.4 Å². The summed E-state index contributed by atoms with van der Waals surface area (Å²) in [6, 6.07) is 4.55. The summed E-state index contributed by atoms with van der Waals surface area (Å²) < 4.78 is 18.4. The summed E-state index contributed by atoms with van der Waals surface area (Å²) in [5, 5.41) is 3.79. The van der Waals surface area contributed by atoms with Crippen LogP contribution in [-0.4, -0.2) is 10.1 Å². The second-order valence-electron chi connectivity index (χ2n) is 3.93. The normalized spacial score (nSPS) is 12.7. The average molecular weight is 235 g/mol. The minimum Gasteiger partial charge on any atom is -0.337 e. The summed E-state index contributed by atoms with van der Waals surface area (Å²) in [5.41, 5.74) is 6.94. The van der Waals surface area contributed by atoms with Crippen molar-refractivity contribution in [2.45, 2.75) is 26.3 Å². The monoisotopic (exact) mass is 235 g/mol. The van der Waals surface area contributed by atoms with Crippen LogP contribution in [0, 0.1) is 12.7 Å². The predicted octanol–water partition coefficient (Wildman–Crippen LogP) is 2.59. The molecular formula is C12H14FN3O. The molecule has 0 radical (unpaired) electrons. The van der Waals surface area contributed by atoms with E-state index in [-0.39, 0.29) is 11.9 Å². The van der Waals surface area contributed by atoms with Crippen molar-refractivity contribution in [2.24, 2.45) is 5.73 Å². The fourth-order valence-electron chi connectivity index (χ4n) is 1.41. The second kappa shape index (κ2) is 4.63. The van der Waals surface area contributed by atoms with E-state index in [0.717, 1.165) is 0 Å². The highest BCUT2D eigenvalue weighted by Crippen LogP contribution is 2.21. The van der Waals surface area contributed by atoms with Gasteiger partial charge in [0.1, 0.15) is 5.82 Å². The van der Waals surface area contributed by atoms with Crippen LogP contribution >= 0.6 is 0 Å². The Labute approximate surface area is 98.6 Å². The highest BCUT2D eigenvalue weighted by Gasteiger charge is 2.14. The minimum atomic E-state index is -0.284. The third-order valence-electron chi connectivity index (χ3n) is 2.63. The van der Waals surface area contributed by atoms with Crippen LogP contribution in [0.1, 0.15) is 30.8 Å². The van der Waals surface area contributed by atoms with Gasteiger partial charge in [-0.2, -0.15) is 4.98 Å². The molecule has 2 aromatic rings. The zero-order valence-corrected chi connectivity index (χ0v) is 9.77. The third kappa shape index (κ3) is 2.34. The van der Waals surface area contributed by atoms with E-state index >= 15 is 0 Å². The quantitative estimate of drug-likeness (QED) is 0.888. The van der Waals surface area contributed by atoms with Gasteiger partial charge in [0.2, 0.25) is 11.7 Å². The molecule has 1 aromatic carbocycles. The first-order valence-electron chi connectivity index (χ1n) is 5.47. The highest BCUT2D eigenvalue weighted by molar-refractivity contribution is 5.54. The van der Waals surface area contributed by atoms with Gasteiger partial charge >= 0.3 is 0 Å². The van der Waals surface area contributed by atoms with Gasteiger partial charge in [-0.25, -0.2) is 4.39 Å². The standard InChI is InChI=1S/C12H14FN3O/c1-3-10(14)12-15-11(16-17-12)8-5-4-7(2)9(13)6-8/h4-6,10H,3,14H2,1-2H3. The number of nitrogens with zero attached hydrogens (tertiary/aromatic N) is 2. The van der Waals surface area contributed by atoms with Crippen LogP contribution in [-0.2, 0) is 0 Å². The number of aromatic nitrogens is 2. The molecule has 0 aliphatic heterocycles. The van der Waals surface area contributed by atoms with Crippen LogP contribution in [0.15, 0.2) is 22.7 Å². The van der Waals surface area contributed by atoms with Gasteiger partial charge in [0.25, 0.3) is 0 Å². The molecule has 0 bridgehead atoms. The molecule has 2 rings (SSSR count).